The fourth-order valence-electron chi connectivity index (χ4n) is 1.45. The van der Waals surface area contributed by atoms with E-state index in [1.807, 2.05) is 7.05 Å². The van der Waals surface area contributed by atoms with Crippen LogP contribution in [0.15, 0.2) is 11.9 Å². The summed E-state index contributed by atoms with van der Waals surface area (Å²) >= 11 is 0. The van der Waals surface area contributed by atoms with Gasteiger partial charge < -0.3 is 5.32 Å². The summed E-state index contributed by atoms with van der Waals surface area (Å²) in [6, 6.07) is 1.44. The second-order valence-corrected chi connectivity index (χ2v) is 8.67. The molecule has 0 aromatic rings. The summed E-state index contributed by atoms with van der Waals surface area (Å²) in [4.78, 5) is 0. The van der Waals surface area contributed by atoms with Crippen molar-refractivity contribution in [1.82, 2.24) is 5.32 Å². The number of rotatable bonds is 5. The minimum Gasteiger partial charge on any atom is -0.395 e. The lowest BCUT2D eigenvalue weighted by molar-refractivity contribution is 0.726. The molecule has 0 amide bonds. The minimum absolute atomic E-state index is 0.530. The Labute approximate surface area is 85.2 Å². The minimum atomic E-state index is -0.700. The number of hydrogen-bond acceptors (Lipinski definition) is 1. The summed E-state index contributed by atoms with van der Waals surface area (Å²) < 4.78 is 0. The predicted octanol–water partition coefficient (Wildman–Crippen LogP) is 3.09. The van der Waals surface area contributed by atoms with E-state index >= 15 is 0 Å². The van der Waals surface area contributed by atoms with E-state index in [0.717, 1.165) is 0 Å². The molecule has 0 aliphatic carbocycles. The van der Waals surface area contributed by atoms with E-state index in [4.69, 9.17) is 0 Å². The fraction of sp³-hybridized carbons (Fsp3) is 0.818. The molecule has 0 rings (SSSR count). The van der Waals surface area contributed by atoms with E-state index in [-0.39, 0.29) is 0 Å². The molecular formula is C11H25NSi. The van der Waals surface area contributed by atoms with Crippen molar-refractivity contribution >= 4 is 8.80 Å². The van der Waals surface area contributed by atoms with Gasteiger partial charge in [0, 0.05) is 7.05 Å². The Hall–Kier alpha value is -0.243. The Morgan fingerprint density at radius 3 is 2.31 bits per heavy atom. The summed E-state index contributed by atoms with van der Waals surface area (Å²) in [5.74, 6) is 0. The van der Waals surface area contributed by atoms with E-state index in [1.165, 1.54) is 18.9 Å². The van der Waals surface area contributed by atoms with Crippen LogP contribution in [-0.2, 0) is 0 Å². The van der Waals surface area contributed by atoms with Crippen LogP contribution in [0, 0.1) is 0 Å². The van der Waals surface area contributed by atoms with Crippen molar-refractivity contribution in [2.45, 2.75) is 51.6 Å². The fourth-order valence-corrected chi connectivity index (χ4v) is 4.36. The maximum atomic E-state index is 3.10. The molecule has 2 heteroatoms. The maximum Gasteiger partial charge on any atom is 0.0686 e. The molecule has 1 nitrogen and oxygen atoms in total. The first-order valence-electron chi connectivity index (χ1n) is 5.36. The normalized spacial score (nSPS) is 14.8. The third-order valence-corrected chi connectivity index (χ3v) is 6.39. The van der Waals surface area contributed by atoms with Crippen LogP contribution in [0.4, 0.5) is 0 Å². The van der Waals surface area contributed by atoms with Gasteiger partial charge in [0.15, 0.2) is 0 Å². The van der Waals surface area contributed by atoms with Crippen LogP contribution in [0.1, 0.15) is 40.5 Å². The van der Waals surface area contributed by atoms with Gasteiger partial charge in [-0.25, -0.2) is 0 Å². The number of unbranched alkanes of at least 4 members (excludes halogenated alkanes) is 1. The number of nitrogens with one attached hydrogen (secondary N) is 1. The molecular weight excluding hydrogens is 174 g/mol. The van der Waals surface area contributed by atoms with Crippen molar-refractivity contribution in [3.05, 3.63) is 11.9 Å². The van der Waals surface area contributed by atoms with E-state index in [2.05, 4.69) is 44.9 Å². The summed E-state index contributed by atoms with van der Waals surface area (Å²) in [6.45, 7) is 9.40. The summed E-state index contributed by atoms with van der Waals surface area (Å²) in [6.07, 6.45) is 4.84. The SMILES string of the molecule is CCCC[SiH](C=CNC)C(C)(C)C. The molecule has 0 spiro atoms. The standard InChI is InChI=1S/C11H25NSi/c1-6-7-9-13(10-8-12-5)11(2,3)4/h8,10,12-13H,6-7,9H2,1-5H3. The first kappa shape index (κ1) is 12.8. The van der Waals surface area contributed by atoms with Gasteiger partial charge in [0.25, 0.3) is 0 Å². The average Bonchev–Trinajstić information content (AvgIpc) is 2.02. The first-order valence-corrected chi connectivity index (χ1v) is 7.42. The van der Waals surface area contributed by atoms with Crippen molar-refractivity contribution in [2.24, 2.45) is 0 Å². The van der Waals surface area contributed by atoms with Crippen LogP contribution >= 0.6 is 0 Å². The Bertz CT molecular complexity index is 147. The highest BCUT2D eigenvalue weighted by Gasteiger charge is 2.22. The van der Waals surface area contributed by atoms with Crippen molar-refractivity contribution in [2.75, 3.05) is 7.05 Å². The third kappa shape index (κ3) is 5.91. The third-order valence-electron chi connectivity index (χ3n) is 2.48. The Morgan fingerprint density at radius 2 is 1.92 bits per heavy atom. The molecule has 0 bridgehead atoms. The average molecular weight is 199 g/mol. The van der Waals surface area contributed by atoms with Gasteiger partial charge in [0.05, 0.1) is 8.80 Å². The lowest BCUT2D eigenvalue weighted by Crippen LogP contribution is -2.23. The molecule has 1 atom stereocenters. The quantitative estimate of drug-likeness (QED) is 0.671. The summed E-state index contributed by atoms with van der Waals surface area (Å²) in [5, 5.41) is 3.63. The molecule has 0 aromatic carbocycles. The number of hydrogen-bond donors (Lipinski definition) is 1. The summed E-state index contributed by atoms with van der Waals surface area (Å²) in [7, 11) is 1.28. The first-order chi connectivity index (χ1) is 6.02. The Morgan fingerprint density at radius 1 is 1.31 bits per heavy atom. The van der Waals surface area contributed by atoms with Crippen LogP contribution < -0.4 is 5.32 Å². The van der Waals surface area contributed by atoms with E-state index in [0.29, 0.717) is 5.04 Å². The molecule has 0 aliphatic rings. The van der Waals surface area contributed by atoms with Crippen molar-refractivity contribution < 1.29 is 0 Å². The van der Waals surface area contributed by atoms with Gasteiger partial charge in [-0.3, -0.25) is 0 Å². The monoisotopic (exact) mass is 199 g/mol. The van der Waals surface area contributed by atoms with Crippen LogP contribution in [-0.4, -0.2) is 15.8 Å². The molecule has 0 radical (unpaired) electrons. The molecule has 1 unspecified atom stereocenters. The van der Waals surface area contributed by atoms with Crippen molar-refractivity contribution in [3.63, 3.8) is 0 Å². The van der Waals surface area contributed by atoms with Gasteiger partial charge >= 0.3 is 0 Å². The molecule has 78 valence electrons. The molecule has 0 saturated heterocycles. The smallest absolute Gasteiger partial charge is 0.0686 e. The van der Waals surface area contributed by atoms with Crippen LogP contribution in [0.25, 0.3) is 0 Å². The Kier molecular flexibility index (Phi) is 6.13. The molecule has 0 fully saturated rings. The highest BCUT2D eigenvalue weighted by molar-refractivity contribution is 6.67. The zero-order chi connectivity index (χ0) is 10.3. The topological polar surface area (TPSA) is 12.0 Å². The van der Waals surface area contributed by atoms with Gasteiger partial charge in [0.2, 0.25) is 0 Å². The molecule has 0 heterocycles. The second-order valence-electron chi connectivity index (χ2n) is 4.76. The van der Waals surface area contributed by atoms with Gasteiger partial charge in [-0.2, -0.15) is 0 Å². The van der Waals surface area contributed by atoms with Crippen LogP contribution in [0.5, 0.6) is 0 Å². The van der Waals surface area contributed by atoms with E-state index < -0.39 is 8.80 Å². The molecule has 1 N–H and O–H groups in total. The molecule has 0 aliphatic heterocycles. The van der Waals surface area contributed by atoms with Crippen molar-refractivity contribution in [1.29, 1.82) is 0 Å². The zero-order valence-corrected chi connectivity index (χ0v) is 11.0. The van der Waals surface area contributed by atoms with Crippen LogP contribution in [0.3, 0.4) is 0 Å². The van der Waals surface area contributed by atoms with E-state index in [9.17, 15) is 0 Å². The lowest BCUT2D eigenvalue weighted by Gasteiger charge is -2.26. The zero-order valence-electron chi connectivity index (χ0n) is 9.85. The lowest BCUT2D eigenvalue weighted by atomic mass is 10.2. The summed E-state index contributed by atoms with van der Waals surface area (Å²) in [5.41, 5.74) is 2.44. The highest BCUT2D eigenvalue weighted by Crippen LogP contribution is 2.30. The molecule has 13 heavy (non-hydrogen) atoms. The predicted molar refractivity (Wildman–Crippen MR) is 64.8 cm³/mol. The second kappa shape index (κ2) is 6.25. The van der Waals surface area contributed by atoms with Gasteiger partial charge in [-0.05, 0) is 11.2 Å². The van der Waals surface area contributed by atoms with Crippen molar-refractivity contribution in [3.8, 4) is 0 Å². The molecule has 0 aromatic heterocycles. The van der Waals surface area contributed by atoms with Gasteiger partial charge in [-0.1, -0.05) is 52.3 Å². The van der Waals surface area contributed by atoms with Crippen LogP contribution in [0.2, 0.25) is 11.1 Å². The maximum absolute atomic E-state index is 3.10. The van der Waals surface area contributed by atoms with Gasteiger partial charge in [0.1, 0.15) is 0 Å². The largest absolute Gasteiger partial charge is 0.395 e. The molecule has 0 saturated carbocycles. The highest BCUT2D eigenvalue weighted by atomic mass is 28.3. The van der Waals surface area contributed by atoms with E-state index in [1.54, 1.807) is 0 Å². The Balaban J connectivity index is 4.11. The van der Waals surface area contributed by atoms with Gasteiger partial charge in [-0.15, -0.1) is 0 Å².